The van der Waals surface area contributed by atoms with Crippen molar-refractivity contribution < 1.29 is 9.47 Å². The van der Waals surface area contributed by atoms with E-state index < -0.39 is 0 Å². The maximum atomic E-state index is 8.64. The summed E-state index contributed by atoms with van der Waals surface area (Å²) in [6, 6.07) is 3.88. The molecule has 1 aliphatic rings. The Labute approximate surface area is 74.1 Å². The third-order valence-electron chi connectivity index (χ3n) is 1.56. The van der Waals surface area contributed by atoms with E-state index in [9.17, 15) is 0 Å². The van der Waals surface area contributed by atoms with Crippen molar-refractivity contribution in [1.82, 2.24) is 0 Å². The molecule has 1 saturated heterocycles. The predicted octanol–water partition coefficient (Wildman–Crippen LogP) is 1.40. The number of hydrogen-bond acceptors (Lipinski definition) is 4. The molecule has 1 unspecified atom stereocenters. The summed E-state index contributed by atoms with van der Waals surface area (Å²) in [4.78, 5) is 0.635. The van der Waals surface area contributed by atoms with Crippen LogP contribution in [0.1, 0.15) is 4.88 Å². The van der Waals surface area contributed by atoms with Crippen molar-refractivity contribution in [3.63, 3.8) is 0 Å². The summed E-state index contributed by atoms with van der Waals surface area (Å²) in [7, 11) is 0. The summed E-state index contributed by atoms with van der Waals surface area (Å²) in [5.74, 6) is 0.679. The molecule has 1 aromatic heterocycles. The third-order valence-corrected chi connectivity index (χ3v) is 2.36. The van der Waals surface area contributed by atoms with Gasteiger partial charge in [-0.25, -0.2) is 0 Å². The summed E-state index contributed by atoms with van der Waals surface area (Å²) in [6.45, 7) is 1.34. The predicted molar refractivity (Wildman–Crippen MR) is 44.3 cm³/mol. The normalized spacial score (nSPS) is 20.1. The minimum Gasteiger partial charge on any atom is -0.489 e. The number of epoxide rings is 1. The number of hydrogen-bond donors (Lipinski definition) is 0. The zero-order valence-corrected chi connectivity index (χ0v) is 7.13. The molecular formula is C8H7NO2S. The average Bonchev–Trinajstić information content (AvgIpc) is 2.81. The van der Waals surface area contributed by atoms with E-state index >= 15 is 0 Å². The van der Waals surface area contributed by atoms with Gasteiger partial charge in [0.2, 0.25) is 0 Å². The van der Waals surface area contributed by atoms with Crippen LogP contribution in [0.5, 0.6) is 5.75 Å². The summed E-state index contributed by atoms with van der Waals surface area (Å²) in [5.41, 5.74) is 0. The van der Waals surface area contributed by atoms with Gasteiger partial charge in [-0.2, -0.15) is 5.26 Å². The van der Waals surface area contributed by atoms with Crippen LogP contribution in [0, 0.1) is 11.3 Å². The first-order chi connectivity index (χ1) is 5.90. The van der Waals surface area contributed by atoms with Gasteiger partial charge in [-0.1, -0.05) is 0 Å². The highest BCUT2D eigenvalue weighted by Gasteiger charge is 2.23. The second-order valence-corrected chi connectivity index (χ2v) is 3.41. The summed E-state index contributed by atoms with van der Waals surface area (Å²) >= 11 is 1.39. The number of rotatable bonds is 3. The van der Waals surface area contributed by atoms with Crippen LogP contribution < -0.4 is 4.74 Å². The summed E-state index contributed by atoms with van der Waals surface area (Å²) < 4.78 is 10.3. The third kappa shape index (κ3) is 1.58. The lowest BCUT2D eigenvalue weighted by atomic mass is 10.4. The van der Waals surface area contributed by atoms with Gasteiger partial charge in [-0.3, -0.25) is 0 Å². The minimum atomic E-state index is 0.247. The van der Waals surface area contributed by atoms with Crippen LogP contribution in [0.2, 0.25) is 0 Å². The van der Waals surface area contributed by atoms with Crippen molar-refractivity contribution in [2.75, 3.05) is 13.2 Å². The molecule has 0 spiro atoms. The maximum absolute atomic E-state index is 8.64. The van der Waals surface area contributed by atoms with E-state index in [2.05, 4.69) is 6.07 Å². The van der Waals surface area contributed by atoms with Gasteiger partial charge >= 0.3 is 0 Å². The Morgan fingerprint density at radius 2 is 2.67 bits per heavy atom. The number of thiophene rings is 1. The van der Waals surface area contributed by atoms with Crippen molar-refractivity contribution >= 4 is 11.3 Å². The van der Waals surface area contributed by atoms with E-state index in [1.54, 1.807) is 0 Å². The Hall–Kier alpha value is -1.05. The zero-order valence-electron chi connectivity index (χ0n) is 6.32. The van der Waals surface area contributed by atoms with Crippen LogP contribution in [0.3, 0.4) is 0 Å². The topological polar surface area (TPSA) is 45.5 Å². The molecule has 1 aliphatic heterocycles. The van der Waals surface area contributed by atoms with E-state index in [4.69, 9.17) is 14.7 Å². The molecule has 0 saturated carbocycles. The Kier molecular flexibility index (Phi) is 1.98. The highest BCUT2D eigenvalue weighted by Crippen LogP contribution is 2.24. The first kappa shape index (κ1) is 7.59. The lowest BCUT2D eigenvalue weighted by Gasteiger charge is -1.99. The van der Waals surface area contributed by atoms with Crippen molar-refractivity contribution in [2.24, 2.45) is 0 Å². The van der Waals surface area contributed by atoms with E-state index in [0.717, 1.165) is 6.61 Å². The minimum absolute atomic E-state index is 0.247. The molecule has 12 heavy (non-hydrogen) atoms. The molecule has 2 rings (SSSR count). The Morgan fingerprint density at radius 1 is 1.83 bits per heavy atom. The average molecular weight is 181 g/mol. The largest absolute Gasteiger partial charge is 0.489 e. The Morgan fingerprint density at radius 3 is 3.33 bits per heavy atom. The first-order valence-corrected chi connectivity index (χ1v) is 4.50. The van der Waals surface area contributed by atoms with Crippen molar-refractivity contribution in [2.45, 2.75) is 6.10 Å². The number of nitrogens with zero attached hydrogens (tertiary/aromatic N) is 1. The fourth-order valence-electron chi connectivity index (χ4n) is 0.840. The van der Waals surface area contributed by atoms with E-state index in [1.165, 1.54) is 11.3 Å². The van der Waals surface area contributed by atoms with Gasteiger partial charge in [0.1, 0.15) is 29.4 Å². The molecule has 2 heterocycles. The van der Waals surface area contributed by atoms with E-state index in [1.807, 2.05) is 11.4 Å². The molecule has 3 nitrogen and oxygen atoms in total. The highest BCUT2D eigenvalue weighted by atomic mass is 32.1. The second-order valence-electron chi connectivity index (χ2n) is 2.49. The molecule has 0 aromatic carbocycles. The zero-order chi connectivity index (χ0) is 8.39. The number of ether oxygens (including phenoxy) is 2. The van der Waals surface area contributed by atoms with Crippen LogP contribution in [-0.2, 0) is 4.74 Å². The van der Waals surface area contributed by atoms with Gasteiger partial charge in [0, 0.05) is 0 Å². The standard InChI is InChI=1S/C8H7NO2S/c9-3-8-7(1-2-12-8)11-5-6-4-10-6/h1-2,6H,4-5H2. The van der Waals surface area contributed by atoms with Crippen molar-refractivity contribution in [3.05, 3.63) is 16.3 Å². The quantitative estimate of drug-likeness (QED) is 0.662. The van der Waals surface area contributed by atoms with Gasteiger partial charge in [0.15, 0.2) is 0 Å². The van der Waals surface area contributed by atoms with Crippen LogP contribution in [0.25, 0.3) is 0 Å². The van der Waals surface area contributed by atoms with Gasteiger partial charge in [0.05, 0.1) is 6.61 Å². The maximum Gasteiger partial charge on any atom is 0.148 e. The van der Waals surface area contributed by atoms with Crippen molar-refractivity contribution in [3.8, 4) is 11.8 Å². The molecular weight excluding hydrogens is 174 g/mol. The summed E-state index contributed by atoms with van der Waals surface area (Å²) in [6.07, 6.45) is 0.247. The molecule has 0 radical (unpaired) electrons. The van der Waals surface area contributed by atoms with Gasteiger partial charge in [-0.15, -0.1) is 11.3 Å². The van der Waals surface area contributed by atoms with Crippen LogP contribution in [0.15, 0.2) is 11.4 Å². The second kappa shape index (κ2) is 3.13. The molecule has 0 aliphatic carbocycles. The fourth-order valence-corrected chi connectivity index (χ4v) is 1.46. The monoisotopic (exact) mass is 181 g/mol. The Bertz CT molecular complexity index is 311. The van der Waals surface area contributed by atoms with Crippen molar-refractivity contribution in [1.29, 1.82) is 5.26 Å². The highest BCUT2D eigenvalue weighted by molar-refractivity contribution is 7.10. The molecule has 1 atom stereocenters. The molecule has 4 heteroatoms. The van der Waals surface area contributed by atoms with E-state index in [-0.39, 0.29) is 6.10 Å². The smallest absolute Gasteiger partial charge is 0.148 e. The lowest BCUT2D eigenvalue weighted by Crippen LogP contribution is -2.03. The molecule has 0 bridgehead atoms. The SMILES string of the molecule is N#Cc1sccc1OCC1CO1. The molecule has 1 aromatic rings. The summed E-state index contributed by atoms with van der Waals surface area (Å²) in [5, 5.41) is 10.5. The van der Waals surface area contributed by atoms with Crippen LogP contribution in [-0.4, -0.2) is 19.3 Å². The van der Waals surface area contributed by atoms with Gasteiger partial charge in [0.25, 0.3) is 0 Å². The fraction of sp³-hybridized carbons (Fsp3) is 0.375. The van der Waals surface area contributed by atoms with Gasteiger partial charge in [-0.05, 0) is 11.4 Å². The molecule has 1 fully saturated rings. The van der Waals surface area contributed by atoms with E-state index in [0.29, 0.717) is 17.2 Å². The van der Waals surface area contributed by atoms with Gasteiger partial charge < -0.3 is 9.47 Å². The molecule has 0 N–H and O–H groups in total. The van der Waals surface area contributed by atoms with Crippen LogP contribution >= 0.6 is 11.3 Å². The first-order valence-electron chi connectivity index (χ1n) is 3.62. The van der Waals surface area contributed by atoms with Crippen LogP contribution in [0.4, 0.5) is 0 Å². The molecule has 62 valence electrons. The molecule has 0 amide bonds. The number of nitriles is 1. The lowest BCUT2D eigenvalue weighted by molar-refractivity contribution is 0.263. The Balaban J connectivity index is 1.97.